The number of carbonyl (C=O) groups excluding carboxylic acids is 3. The van der Waals surface area contributed by atoms with Gasteiger partial charge in [-0.15, -0.1) is 0 Å². The Bertz CT molecular complexity index is 1290. The Kier molecular flexibility index (Phi) is 7.11. The summed E-state index contributed by atoms with van der Waals surface area (Å²) in [6.07, 6.45) is 1.57. The first kappa shape index (κ1) is 23.6. The summed E-state index contributed by atoms with van der Waals surface area (Å²) in [5, 5.41) is 5.40. The van der Waals surface area contributed by atoms with Gasteiger partial charge in [-0.05, 0) is 54.0 Å². The molecule has 0 atom stereocenters. The number of benzene rings is 3. The van der Waals surface area contributed by atoms with Crippen LogP contribution < -0.4 is 20.1 Å². The molecule has 3 aromatic carbocycles. The van der Waals surface area contributed by atoms with Gasteiger partial charge in [0.05, 0.1) is 13.7 Å². The monoisotopic (exact) mass is 471 g/mol. The predicted octanol–water partition coefficient (Wildman–Crippen LogP) is 4.11. The highest BCUT2D eigenvalue weighted by Crippen LogP contribution is 2.29. The maximum absolute atomic E-state index is 12.8. The van der Waals surface area contributed by atoms with Gasteiger partial charge in [-0.2, -0.15) is 0 Å². The maximum Gasteiger partial charge on any atom is 0.329 e. The number of aryl methyl sites for hydroxylation is 1. The van der Waals surface area contributed by atoms with Crippen molar-refractivity contribution in [3.8, 4) is 11.5 Å². The Labute approximate surface area is 203 Å². The van der Waals surface area contributed by atoms with Crippen LogP contribution in [-0.4, -0.2) is 36.5 Å². The number of ether oxygens (including phenoxy) is 2. The number of amides is 4. The number of nitrogens with one attached hydrogen (secondary N) is 2. The third kappa shape index (κ3) is 5.86. The number of anilines is 1. The minimum absolute atomic E-state index is 0.166. The fourth-order valence-corrected chi connectivity index (χ4v) is 3.60. The zero-order chi connectivity index (χ0) is 24.8. The van der Waals surface area contributed by atoms with E-state index in [0.717, 1.165) is 16.0 Å². The van der Waals surface area contributed by atoms with Gasteiger partial charge in [0.15, 0.2) is 18.1 Å². The second-order valence-corrected chi connectivity index (χ2v) is 7.98. The van der Waals surface area contributed by atoms with Crippen molar-refractivity contribution in [1.82, 2.24) is 10.2 Å². The Morgan fingerprint density at radius 1 is 1.00 bits per heavy atom. The number of hydrogen-bond acceptors (Lipinski definition) is 5. The summed E-state index contributed by atoms with van der Waals surface area (Å²) >= 11 is 0. The average Bonchev–Trinajstić information content (AvgIpc) is 3.11. The quantitative estimate of drug-likeness (QED) is 0.381. The second kappa shape index (κ2) is 10.6. The van der Waals surface area contributed by atoms with E-state index in [9.17, 15) is 14.4 Å². The molecule has 1 fully saturated rings. The van der Waals surface area contributed by atoms with Crippen molar-refractivity contribution in [2.24, 2.45) is 0 Å². The molecule has 0 aliphatic carbocycles. The van der Waals surface area contributed by atoms with Crippen molar-refractivity contribution in [3.05, 3.63) is 95.2 Å². The molecule has 1 heterocycles. The van der Waals surface area contributed by atoms with E-state index in [4.69, 9.17) is 9.47 Å². The molecule has 8 nitrogen and oxygen atoms in total. The van der Waals surface area contributed by atoms with Crippen molar-refractivity contribution >= 4 is 29.6 Å². The second-order valence-electron chi connectivity index (χ2n) is 7.98. The molecule has 178 valence electrons. The minimum atomic E-state index is -0.475. The first-order valence-corrected chi connectivity index (χ1v) is 11.0. The van der Waals surface area contributed by atoms with Crippen molar-refractivity contribution < 1.29 is 23.9 Å². The summed E-state index contributed by atoms with van der Waals surface area (Å²) < 4.78 is 11.0. The zero-order valence-electron chi connectivity index (χ0n) is 19.4. The molecule has 0 bridgehead atoms. The molecule has 35 heavy (non-hydrogen) atoms. The van der Waals surface area contributed by atoms with Crippen molar-refractivity contribution in [3.63, 3.8) is 0 Å². The number of imide groups is 1. The van der Waals surface area contributed by atoms with Crippen LogP contribution in [0.15, 0.2) is 78.5 Å². The van der Waals surface area contributed by atoms with E-state index in [1.54, 1.807) is 30.3 Å². The Morgan fingerprint density at radius 2 is 1.80 bits per heavy atom. The van der Waals surface area contributed by atoms with E-state index in [1.807, 2.05) is 55.5 Å². The highest BCUT2D eigenvalue weighted by atomic mass is 16.5. The number of carbonyl (C=O) groups is 3. The van der Waals surface area contributed by atoms with Gasteiger partial charge in [-0.3, -0.25) is 14.5 Å². The third-order valence-corrected chi connectivity index (χ3v) is 5.31. The van der Waals surface area contributed by atoms with E-state index >= 15 is 0 Å². The van der Waals surface area contributed by atoms with Crippen LogP contribution in [0.1, 0.15) is 16.7 Å². The highest BCUT2D eigenvalue weighted by Gasteiger charge is 2.33. The van der Waals surface area contributed by atoms with Gasteiger partial charge >= 0.3 is 6.03 Å². The lowest BCUT2D eigenvalue weighted by molar-refractivity contribution is -0.123. The summed E-state index contributed by atoms with van der Waals surface area (Å²) in [4.78, 5) is 38.5. The highest BCUT2D eigenvalue weighted by molar-refractivity contribution is 6.13. The van der Waals surface area contributed by atoms with Gasteiger partial charge in [0, 0.05) is 5.69 Å². The van der Waals surface area contributed by atoms with Crippen LogP contribution in [0.4, 0.5) is 10.5 Å². The molecule has 0 aromatic heterocycles. The molecule has 0 saturated carbocycles. The lowest BCUT2D eigenvalue weighted by Gasteiger charge is -2.12. The zero-order valence-corrected chi connectivity index (χ0v) is 19.4. The summed E-state index contributed by atoms with van der Waals surface area (Å²) in [5.74, 6) is 0.0507. The lowest BCUT2D eigenvalue weighted by Crippen LogP contribution is -2.30. The van der Waals surface area contributed by atoms with Crippen LogP contribution >= 0.6 is 0 Å². The molecular formula is C27H25N3O5. The van der Waals surface area contributed by atoms with Gasteiger partial charge in [0.2, 0.25) is 0 Å². The summed E-state index contributed by atoms with van der Waals surface area (Å²) in [5.41, 5.74) is 3.38. The third-order valence-electron chi connectivity index (χ3n) is 5.31. The van der Waals surface area contributed by atoms with E-state index in [2.05, 4.69) is 10.6 Å². The number of hydrogen-bond donors (Lipinski definition) is 2. The molecule has 0 radical (unpaired) electrons. The van der Waals surface area contributed by atoms with Crippen LogP contribution in [0.3, 0.4) is 0 Å². The largest absolute Gasteiger partial charge is 0.493 e. The Hall–Kier alpha value is -4.59. The van der Waals surface area contributed by atoms with E-state index in [0.29, 0.717) is 22.7 Å². The van der Waals surface area contributed by atoms with Gasteiger partial charge in [0.1, 0.15) is 5.70 Å². The van der Waals surface area contributed by atoms with E-state index < -0.39 is 11.9 Å². The number of rotatable bonds is 8. The Morgan fingerprint density at radius 3 is 2.54 bits per heavy atom. The van der Waals surface area contributed by atoms with E-state index in [-0.39, 0.29) is 24.8 Å². The molecule has 3 aromatic rings. The van der Waals surface area contributed by atoms with E-state index in [1.165, 1.54) is 7.11 Å². The van der Waals surface area contributed by atoms with Crippen LogP contribution in [-0.2, 0) is 16.1 Å². The molecule has 2 N–H and O–H groups in total. The SMILES string of the molecule is COc1cc(/C=C2/NC(=O)N(Cc3ccccc3)C2=O)ccc1OCC(=O)Nc1cccc(C)c1. The molecule has 8 heteroatoms. The van der Waals surface area contributed by atoms with Gasteiger partial charge < -0.3 is 20.1 Å². The van der Waals surface area contributed by atoms with Gasteiger partial charge in [-0.1, -0.05) is 48.5 Å². The smallest absolute Gasteiger partial charge is 0.329 e. The molecule has 4 rings (SSSR count). The first-order valence-electron chi connectivity index (χ1n) is 11.0. The maximum atomic E-state index is 12.8. The lowest BCUT2D eigenvalue weighted by atomic mass is 10.1. The summed E-state index contributed by atoms with van der Waals surface area (Å²) in [6.45, 7) is 1.93. The fourth-order valence-electron chi connectivity index (χ4n) is 3.60. The molecule has 1 aliphatic heterocycles. The van der Waals surface area contributed by atoms with Crippen LogP contribution in [0.25, 0.3) is 6.08 Å². The normalized spacial score (nSPS) is 14.1. The topological polar surface area (TPSA) is 97.0 Å². The molecule has 0 unspecified atom stereocenters. The van der Waals surface area contributed by atoms with Crippen molar-refractivity contribution in [1.29, 1.82) is 0 Å². The summed E-state index contributed by atoms with van der Waals surface area (Å²) in [7, 11) is 1.48. The standard InChI is InChI=1S/C27H25N3O5/c1-18-7-6-10-21(13-18)28-25(31)17-35-23-12-11-20(15-24(23)34-2)14-22-26(32)30(27(33)29-22)16-19-8-4-3-5-9-19/h3-15H,16-17H2,1-2H3,(H,28,31)(H,29,33)/b22-14+. The Balaban J connectivity index is 1.41. The van der Waals surface area contributed by atoms with Gasteiger partial charge in [-0.25, -0.2) is 4.79 Å². The summed E-state index contributed by atoms with van der Waals surface area (Å²) in [6, 6.07) is 21.3. The fraction of sp³-hybridized carbons (Fsp3) is 0.148. The predicted molar refractivity (Wildman–Crippen MR) is 132 cm³/mol. The number of urea groups is 1. The number of methoxy groups -OCH3 is 1. The average molecular weight is 472 g/mol. The minimum Gasteiger partial charge on any atom is -0.493 e. The van der Waals surface area contributed by atoms with Crippen LogP contribution in [0.2, 0.25) is 0 Å². The molecule has 0 spiro atoms. The molecule has 4 amide bonds. The van der Waals surface area contributed by atoms with Crippen molar-refractivity contribution in [2.75, 3.05) is 19.0 Å². The van der Waals surface area contributed by atoms with Gasteiger partial charge in [0.25, 0.3) is 11.8 Å². The molecule has 1 saturated heterocycles. The molecular weight excluding hydrogens is 446 g/mol. The first-order chi connectivity index (χ1) is 16.9. The molecule has 1 aliphatic rings. The van der Waals surface area contributed by atoms with Crippen molar-refractivity contribution in [2.45, 2.75) is 13.5 Å². The van der Waals surface area contributed by atoms with Crippen LogP contribution in [0, 0.1) is 6.92 Å². The van der Waals surface area contributed by atoms with Crippen LogP contribution in [0.5, 0.6) is 11.5 Å². The number of nitrogens with zero attached hydrogens (tertiary/aromatic N) is 1.